The number of nitro benzene ring substituents is 1. The zero-order valence-electron chi connectivity index (χ0n) is 11.9. The van der Waals surface area contributed by atoms with Gasteiger partial charge in [-0.15, -0.1) is 0 Å². The van der Waals surface area contributed by atoms with E-state index in [-0.39, 0.29) is 17.4 Å². The fourth-order valence-corrected chi connectivity index (χ4v) is 2.61. The maximum atomic E-state index is 11.2. The molecule has 1 fully saturated rings. The Morgan fingerprint density at radius 1 is 1.57 bits per heavy atom. The van der Waals surface area contributed by atoms with E-state index in [1.54, 1.807) is 0 Å². The van der Waals surface area contributed by atoms with E-state index in [9.17, 15) is 14.9 Å². The highest BCUT2D eigenvalue weighted by molar-refractivity contribution is 5.94. The van der Waals surface area contributed by atoms with Gasteiger partial charge in [-0.05, 0) is 25.0 Å². The number of nitrogens with two attached hydrogens (primary N) is 1. The first-order chi connectivity index (χ1) is 10.0. The predicted molar refractivity (Wildman–Crippen MR) is 78.2 cm³/mol. The Labute approximate surface area is 122 Å². The number of nitrogens with one attached hydrogen (secondary N) is 1. The van der Waals surface area contributed by atoms with Crippen LogP contribution < -0.4 is 11.1 Å². The molecular formula is C14H19N3O4. The van der Waals surface area contributed by atoms with Gasteiger partial charge in [0.1, 0.15) is 5.69 Å². The molecule has 1 saturated heterocycles. The van der Waals surface area contributed by atoms with E-state index in [0.29, 0.717) is 24.8 Å². The van der Waals surface area contributed by atoms with Crippen LogP contribution in [0.4, 0.5) is 11.4 Å². The molecule has 0 radical (unpaired) electrons. The number of rotatable bonds is 6. The Balaban J connectivity index is 2.15. The summed E-state index contributed by atoms with van der Waals surface area (Å²) in [6.07, 6.45) is 2.01. The number of amides is 1. The molecule has 3 N–H and O–H groups in total. The molecule has 1 amide bonds. The maximum Gasteiger partial charge on any atom is 0.292 e. The molecule has 1 heterocycles. The lowest BCUT2D eigenvalue weighted by Crippen LogP contribution is -2.23. The van der Waals surface area contributed by atoms with E-state index < -0.39 is 10.8 Å². The third kappa shape index (κ3) is 3.49. The molecule has 0 aromatic heterocycles. The minimum absolute atomic E-state index is 0.0630. The molecule has 114 valence electrons. The SMILES string of the molecule is CCC1OCCC1CNc1cc(C(N)=O)ccc1[N+](=O)[O-]. The maximum absolute atomic E-state index is 11.2. The van der Waals surface area contributed by atoms with Gasteiger partial charge in [-0.3, -0.25) is 14.9 Å². The van der Waals surface area contributed by atoms with Crippen molar-refractivity contribution in [1.29, 1.82) is 0 Å². The summed E-state index contributed by atoms with van der Waals surface area (Å²) in [6.45, 7) is 3.34. The van der Waals surface area contributed by atoms with E-state index in [1.807, 2.05) is 0 Å². The van der Waals surface area contributed by atoms with E-state index in [4.69, 9.17) is 10.5 Å². The molecule has 2 unspecified atom stereocenters. The number of ether oxygens (including phenoxy) is 1. The summed E-state index contributed by atoms with van der Waals surface area (Å²) in [5, 5.41) is 14.1. The van der Waals surface area contributed by atoms with Crippen LogP contribution in [0.25, 0.3) is 0 Å². The lowest BCUT2D eigenvalue weighted by atomic mass is 9.99. The molecule has 1 aliphatic rings. The summed E-state index contributed by atoms with van der Waals surface area (Å²) in [5.74, 6) is -0.296. The van der Waals surface area contributed by atoms with Gasteiger partial charge in [-0.25, -0.2) is 0 Å². The second-order valence-electron chi connectivity index (χ2n) is 5.10. The minimum Gasteiger partial charge on any atom is -0.379 e. The predicted octanol–water partition coefficient (Wildman–Crippen LogP) is 1.92. The van der Waals surface area contributed by atoms with E-state index in [1.165, 1.54) is 18.2 Å². The highest BCUT2D eigenvalue weighted by Crippen LogP contribution is 2.28. The summed E-state index contributed by atoms with van der Waals surface area (Å²) in [5.41, 5.74) is 5.72. The van der Waals surface area contributed by atoms with Crippen LogP contribution in [0.1, 0.15) is 30.1 Å². The highest BCUT2D eigenvalue weighted by Gasteiger charge is 2.27. The largest absolute Gasteiger partial charge is 0.379 e. The number of benzene rings is 1. The molecule has 7 heteroatoms. The van der Waals surface area contributed by atoms with Crippen molar-refractivity contribution in [2.45, 2.75) is 25.9 Å². The van der Waals surface area contributed by atoms with Crippen molar-refractivity contribution >= 4 is 17.3 Å². The topological polar surface area (TPSA) is 107 Å². The fraction of sp³-hybridized carbons (Fsp3) is 0.500. The van der Waals surface area contributed by atoms with Crippen molar-refractivity contribution < 1.29 is 14.5 Å². The monoisotopic (exact) mass is 293 g/mol. The summed E-state index contributed by atoms with van der Waals surface area (Å²) in [7, 11) is 0. The second kappa shape index (κ2) is 6.53. The standard InChI is InChI=1S/C14H19N3O4/c1-2-13-10(5-6-21-13)8-16-11-7-9(14(15)18)3-4-12(11)17(19)20/h3-4,7,10,13,16H,2,5-6,8H2,1H3,(H2,15,18). The Bertz CT molecular complexity index is 547. The van der Waals surface area contributed by atoms with Crippen LogP contribution in [0, 0.1) is 16.0 Å². The number of hydrogen-bond acceptors (Lipinski definition) is 5. The van der Waals surface area contributed by atoms with Gasteiger partial charge in [0.2, 0.25) is 5.91 Å². The highest BCUT2D eigenvalue weighted by atomic mass is 16.6. The molecule has 1 aliphatic heterocycles. The Hall–Kier alpha value is -2.15. The number of hydrogen-bond donors (Lipinski definition) is 2. The minimum atomic E-state index is -0.608. The number of nitrogens with zero attached hydrogens (tertiary/aromatic N) is 1. The Morgan fingerprint density at radius 2 is 2.33 bits per heavy atom. The average Bonchev–Trinajstić information content (AvgIpc) is 2.91. The van der Waals surface area contributed by atoms with E-state index in [0.717, 1.165) is 12.8 Å². The first kappa shape index (κ1) is 15.2. The Kier molecular flexibility index (Phi) is 4.74. The van der Waals surface area contributed by atoms with Gasteiger partial charge in [0.05, 0.1) is 11.0 Å². The fourth-order valence-electron chi connectivity index (χ4n) is 2.61. The van der Waals surface area contributed by atoms with Crippen molar-refractivity contribution in [1.82, 2.24) is 0 Å². The van der Waals surface area contributed by atoms with Crippen molar-refractivity contribution in [2.75, 3.05) is 18.5 Å². The zero-order chi connectivity index (χ0) is 15.4. The first-order valence-corrected chi connectivity index (χ1v) is 6.96. The van der Waals surface area contributed by atoms with Gasteiger partial charge in [-0.1, -0.05) is 6.92 Å². The van der Waals surface area contributed by atoms with Gasteiger partial charge in [0, 0.05) is 30.7 Å². The summed E-state index contributed by atoms with van der Waals surface area (Å²) < 4.78 is 5.59. The summed E-state index contributed by atoms with van der Waals surface area (Å²) in [4.78, 5) is 21.8. The summed E-state index contributed by atoms with van der Waals surface area (Å²) in [6, 6.07) is 4.08. The molecule has 0 saturated carbocycles. The quantitative estimate of drug-likeness (QED) is 0.615. The van der Waals surface area contributed by atoms with Crippen molar-refractivity contribution in [2.24, 2.45) is 11.7 Å². The van der Waals surface area contributed by atoms with Crippen LogP contribution in [-0.2, 0) is 4.74 Å². The molecule has 0 spiro atoms. The third-order valence-electron chi connectivity index (χ3n) is 3.78. The lowest BCUT2D eigenvalue weighted by molar-refractivity contribution is -0.384. The van der Waals surface area contributed by atoms with Gasteiger partial charge in [0.15, 0.2) is 0 Å². The zero-order valence-corrected chi connectivity index (χ0v) is 11.9. The smallest absolute Gasteiger partial charge is 0.292 e. The van der Waals surface area contributed by atoms with Crippen molar-refractivity contribution in [3.63, 3.8) is 0 Å². The molecule has 21 heavy (non-hydrogen) atoms. The van der Waals surface area contributed by atoms with Crippen molar-refractivity contribution in [3.8, 4) is 0 Å². The third-order valence-corrected chi connectivity index (χ3v) is 3.78. The summed E-state index contributed by atoms with van der Waals surface area (Å²) >= 11 is 0. The van der Waals surface area contributed by atoms with Crippen LogP contribution in [-0.4, -0.2) is 30.1 Å². The van der Waals surface area contributed by atoms with Gasteiger partial charge in [-0.2, -0.15) is 0 Å². The molecular weight excluding hydrogens is 274 g/mol. The molecule has 1 aromatic rings. The lowest BCUT2D eigenvalue weighted by Gasteiger charge is -2.18. The van der Waals surface area contributed by atoms with Crippen LogP contribution in [0.2, 0.25) is 0 Å². The molecule has 0 bridgehead atoms. The second-order valence-corrected chi connectivity index (χ2v) is 5.10. The normalized spacial score (nSPS) is 21.2. The van der Waals surface area contributed by atoms with Gasteiger partial charge >= 0.3 is 0 Å². The average molecular weight is 293 g/mol. The number of primary amides is 1. The first-order valence-electron chi connectivity index (χ1n) is 6.96. The van der Waals surface area contributed by atoms with Crippen LogP contribution in [0.3, 0.4) is 0 Å². The van der Waals surface area contributed by atoms with Gasteiger partial charge < -0.3 is 15.8 Å². The Morgan fingerprint density at radius 3 is 2.95 bits per heavy atom. The molecule has 2 rings (SSSR count). The molecule has 0 aliphatic carbocycles. The molecule has 2 atom stereocenters. The van der Waals surface area contributed by atoms with E-state index in [2.05, 4.69) is 12.2 Å². The van der Waals surface area contributed by atoms with Crippen LogP contribution in [0.15, 0.2) is 18.2 Å². The van der Waals surface area contributed by atoms with Gasteiger partial charge in [0.25, 0.3) is 5.69 Å². The van der Waals surface area contributed by atoms with Crippen LogP contribution in [0.5, 0.6) is 0 Å². The van der Waals surface area contributed by atoms with Crippen LogP contribution >= 0.6 is 0 Å². The number of carbonyl (C=O) groups excluding carboxylic acids is 1. The number of nitro groups is 1. The number of carbonyl (C=O) groups is 1. The molecule has 7 nitrogen and oxygen atoms in total. The number of anilines is 1. The molecule has 1 aromatic carbocycles. The van der Waals surface area contributed by atoms with E-state index >= 15 is 0 Å². The van der Waals surface area contributed by atoms with Crippen molar-refractivity contribution in [3.05, 3.63) is 33.9 Å².